The third-order valence-corrected chi connectivity index (χ3v) is 6.58. The summed E-state index contributed by atoms with van der Waals surface area (Å²) in [7, 11) is 1.33. The lowest BCUT2D eigenvalue weighted by Crippen LogP contribution is -2.48. The van der Waals surface area contributed by atoms with E-state index in [1.165, 1.54) is 30.6 Å². The molecule has 0 spiro atoms. The third kappa shape index (κ3) is 5.78. The number of nitrogens with zero attached hydrogens (tertiary/aromatic N) is 2. The number of amides is 1. The number of hydrogen-bond donors (Lipinski definition) is 1. The van der Waals surface area contributed by atoms with Crippen LogP contribution in [0, 0.1) is 5.82 Å². The molecule has 2 aromatic rings. The summed E-state index contributed by atoms with van der Waals surface area (Å²) in [5.41, 5.74) is 1.29. The van der Waals surface area contributed by atoms with E-state index in [-0.39, 0.29) is 18.3 Å². The number of anilines is 1. The van der Waals surface area contributed by atoms with Crippen LogP contribution in [0.3, 0.4) is 0 Å². The summed E-state index contributed by atoms with van der Waals surface area (Å²) >= 11 is 7.52. The van der Waals surface area contributed by atoms with Gasteiger partial charge in [0.25, 0.3) is 0 Å². The van der Waals surface area contributed by atoms with Crippen molar-refractivity contribution in [3.63, 3.8) is 0 Å². The van der Waals surface area contributed by atoms with Crippen LogP contribution >= 0.6 is 22.9 Å². The van der Waals surface area contributed by atoms with E-state index in [0.29, 0.717) is 22.1 Å². The van der Waals surface area contributed by atoms with Crippen LogP contribution in [0.4, 0.5) is 9.39 Å². The number of esters is 1. The lowest BCUT2D eigenvalue weighted by atomic mass is 10.2. The van der Waals surface area contributed by atoms with Crippen LogP contribution in [0.25, 0.3) is 0 Å². The van der Waals surface area contributed by atoms with Crippen molar-refractivity contribution in [3.8, 4) is 0 Å². The molecule has 1 aliphatic heterocycles. The van der Waals surface area contributed by atoms with Crippen molar-refractivity contribution in [1.29, 1.82) is 0 Å². The van der Waals surface area contributed by atoms with Gasteiger partial charge >= 0.3 is 5.97 Å². The van der Waals surface area contributed by atoms with Crippen LogP contribution in [-0.2, 0) is 22.5 Å². The highest BCUT2D eigenvalue weighted by Gasteiger charge is 2.22. The molecule has 0 saturated carbocycles. The Balaban J connectivity index is 1.51. The van der Waals surface area contributed by atoms with Crippen molar-refractivity contribution in [2.24, 2.45) is 0 Å². The topological polar surface area (TPSA) is 61.9 Å². The molecule has 30 heavy (non-hydrogen) atoms. The number of nitrogens with one attached hydrogen (secondary N) is 1. The Kier molecular flexibility index (Phi) is 7.82. The van der Waals surface area contributed by atoms with E-state index in [0.717, 1.165) is 43.0 Å². The first-order chi connectivity index (χ1) is 14.4. The van der Waals surface area contributed by atoms with Crippen LogP contribution in [0.15, 0.2) is 24.3 Å². The highest BCUT2D eigenvalue weighted by molar-refractivity contribution is 7.16. The van der Waals surface area contributed by atoms with Gasteiger partial charge in [-0.15, -0.1) is 11.3 Å². The second-order valence-electron chi connectivity index (χ2n) is 7.14. The highest BCUT2D eigenvalue weighted by Crippen LogP contribution is 2.29. The number of rotatable bonds is 7. The summed E-state index contributed by atoms with van der Waals surface area (Å²) in [6.45, 7) is 5.95. The molecule has 1 aromatic carbocycles. The average molecular weight is 454 g/mol. The molecular formula is C21H25ClFN3O3S. The Labute approximate surface area is 184 Å². The van der Waals surface area contributed by atoms with E-state index < -0.39 is 5.97 Å². The molecule has 1 saturated heterocycles. The Hall–Kier alpha value is -2.00. The molecule has 9 heteroatoms. The molecule has 0 aliphatic carbocycles. The molecule has 0 radical (unpaired) electrons. The minimum Gasteiger partial charge on any atom is -0.465 e. The van der Waals surface area contributed by atoms with Crippen molar-refractivity contribution >= 4 is 39.8 Å². The lowest BCUT2D eigenvalue weighted by Gasteiger charge is -2.34. The van der Waals surface area contributed by atoms with Crippen molar-refractivity contribution in [2.45, 2.75) is 19.9 Å². The minimum atomic E-state index is -0.450. The first-order valence-electron chi connectivity index (χ1n) is 9.79. The average Bonchev–Trinajstić information content (AvgIpc) is 3.13. The van der Waals surface area contributed by atoms with Gasteiger partial charge in [0.05, 0.1) is 19.2 Å². The number of halogens is 2. The molecule has 2 heterocycles. The van der Waals surface area contributed by atoms with Gasteiger partial charge in [0.1, 0.15) is 10.8 Å². The Morgan fingerprint density at radius 2 is 1.90 bits per heavy atom. The molecule has 0 atom stereocenters. The third-order valence-electron chi connectivity index (χ3n) is 5.03. The summed E-state index contributed by atoms with van der Waals surface area (Å²) < 4.78 is 18.0. The fourth-order valence-corrected chi connectivity index (χ4v) is 4.56. The van der Waals surface area contributed by atoms with E-state index in [9.17, 15) is 14.0 Å². The number of ether oxygens (including phenoxy) is 1. The van der Waals surface area contributed by atoms with Gasteiger partial charge in [0.15, 0.2) is 0 Å². The summed E-state index contributed by atoms with van der Waals surface area (Å²) in [6, 6.07) is 6.22. The molecule has 3 rings (SSSR count). The first kappa shape index (κ1) is 22.7. The fraction of sp³-hybridized carbons (Fsp3) is 0.429. The Bertz CT molecular complexity index is 913. The second kappa shape index (κ2) is 10.3. The van der Waals surface area contributed by atoms with Gasteiger partial charge < -0.3 is 10.1 Å². The summed E-state index contributed by atoms with van der Waals surface area (Å²) in [5.74, 6) is -0.944. The largest absolute Gasteiger partial charge is 0.465 e. The second-order valence-corrected chi connectivity index (χ2v) is 8.68. The van der Waals surface area contributed by atoms with Crippen molar-refractivity contribution in [3.05, 3.63) is 51.1 Å². The van der Waals surface area contributed by atoms with Gasteiger partial charge in [-0.2, -0.15) is 0 Å². The summed E-state index contributed by atoms with van der Waals surface area (Å²) in [5, 5.41) is 3.83. The van der Waals surface area contributed by atoms with Crippen molar-refractivity contribution in [1.82, 2.24) is 9.80 Å². The molecule has 1 amide bonds. The number of carbonyl (C=O) groups excluding carboxylic acids is 2. The summed E-state index contributed by atoms with van der Waals surface area (Å²) in [4.78, 5) is 29.8. The number of hydrogen-bond acceptors (Lipinski definition) is 6. The summed E-state index contributed by atoms with van der Waals surface area (Å²) in [6.07, 6.45) is 0.782. The molecular weight excluding hydrogens is 429 g/mol. The predicted molar refractivity (Wildman–Crippen MR) is 117 cm³/mol. The quantitative estimate of drug-likeness (QED) is 0.648. The van der Waals surface area contributed by atoms with E-state index in [1.54, 1.807) is 12.1 Å². The maximum atomic E-state index is 13.2. The predicted octanol–water partition coefficient (Wildman–Crippen LogP) is 3.65. The number of aryl methyl sites for hydroxylation is 1. The number of piperazine rings is 1. The van der Waals surface area contributed by atoms with Gasteiger partial charge in [0, 0.05) is 42.6 Å². The van der Waals surface area contributed by atoms with Gasteiger partial charge in [-0.3, -0.25) is 14.6 Å². The van der Waals surface area contributed by atoms with E-state index in [4.69, 9.17) is 16.3 Å². The van der Waals surface area contributed by atoms with Crippen LogP contribution < -0.4 is 5.32 Å². The van der Waals surface area contributed by atoms with Crippen LogP contribution in [-0.4, -0.2) is 61.5 Å². The molecule has 1 aliphatic rings. The van der Waals surface area contributed by atoms with Gasteiger partial charge in [-0.1, -0.05) is 24.6 Å². The molecule has 162 valence electrons. The van der Waals surface area contributed by atoms with E-state index in [2.05, 4.69) is 15.1 Å². The monoisotopic (exact) mass is 453 g/mol. The highest BCUT2D eigenvalue weighted by atomic mass is 35.5. The first-order valence-corrected chi connectivity index (χ1v) is 11.0. The smallest absolute Gasteiger partial charge is 0.340 e. The number of benzene rings is 1. The molecule has 6 nitrogen and oxygen atoms in total. The minimum absolute atomic E-state index is 0.153. The molecule has 1 fully saturated rings. The zero-order valence-corrected chi connectivity index (χ0v) is 18.6. The van der Waals surface area contributed by atoms with Gasteiger partial charge in [-0.05, 0) is 30.2 Å². The van der Waals surface area contributed by atoms with Crippen molar-refractivity contribution in [2.75, 3.05) is 45.2 Å². The maximum absolute atomic E-state index is 13.2. The SMILES string of the molecule is CCc1cc(C(=O)OC)c(NC(=O)CN2CCN(Cc3ccc(F)cc3Cl)CC2)s1. The number of thiophene rings is 1. The lowest BCUT2D eigenvalue weighted by molar-refractivity contribution is -0.117. The molecule has 1 N–H and O–H groups in total. The normalized spacial score (nSPS) is 15.2. The zero-order valence-electron chi connectivity index (χ0n) is 17.0. The number of carbonyl (C=O) groups is 2. The van der Waals surface area contributed by atoms with E-state index in [1.807, 2.05) is 6.92 Å². The van der Waals surface area contributed by atoms with Crippen molar-refractivity contribution < 1.29 is 18.7 Å². The molecule has 0 bridgehead atoms. The maximum Gasteiger partial charge on any atom is 0.340 e. The Morgan fingerprint density at radius 1 is 1.20 bits per heavy atom. The molecule has 0 unspecified atom stereocenters. The van der Waals surface area contributed by atoms with Crippen LogP contribution in [0.2, 0.25) is 5.02 Å². The fourth-order valence-electron chi connectivity index (χ4n) is 3.34. The zero-order chi connectivity index (χ0) is 21.7. The number of methoxy groups -OCH3 is 1. The van der Waals surface area contributed by atoms with Gasteiger partial charge in [-0.25, -0.2) is 9.18 Å². The van der Waals surface area contributed by atoms with Gasteiger partial charge in [0.2, 0.25) is 5.91 Å². The van der Waals surface area contributed by atoms with E-state index >= 15 is 0 Å². The van der Waals surface area contributed by atoms with Crippen LogP contribution in [0.5, 0.6) is 0 Å². The Morgan fingerprint density at radius 3 is 2.53 bits per heavy atom. The molecule has 1 aromatic heterocycles. The standard InChI is InChI=1S/C21H25ClFN3O3S/c1-3-16-11-17(21(28)29-2)20(30-16)24-19(27)13-26-8-6-25(7-9-26)12-14-4-5-15(23)10-18(14)22/h4-5,10-11H,3,6-9,12-13H2,1-2H3,(H,24,27). The van der Waals surface area contributed by atoms with Crippen LogP contribution in [0.1, 0.15) is 27.7 Å².